The standard InChI is InChI=1S/C16H21FO4.C15H19Cl.C12H13FO4.C11H13ClO.C11H14O2.C11H12O.C10H16O4.C6H4F.BrH.Mg.Na.H2O/c1-5-20-14(18)13(15(19)21-6-2)16(3,4)11-7-9-12(17)10-8-11;1-15(2)11-12(7-5-6-10-16)13-8-3-4-9-14(13)15;1-12(2,9(10(14)15)11(16)17)7-3-5-8(13)6-4-7;2*1-11(2,8-10(12)13)9-6-4-3-5-7-9;1-11(2)7-10(12)8-5-3-4-6-9(8)11;1-5-13-9(11)8(7(3)4)10(12)14-6-2;7-6-4-2-1-3-5-6;;;;/h7-10,13H,5-6H2,1-4H3;3-4,8-9,11H,5-7,10H2,1-2H3;3-6,9H,1-2H3,(H,14,15)(H,16,17);3-7H,8H2,1-2H3;3-7H,8H2,1-2H3,(H,12,13);3-6H,7H2,1-2H3;5-6H2,1-4H3;2-5H;1H;;;1H2/q;;;;;;;-1;;+2;+1;/p-2. The van der Waals surface area contributed by atoms with E-state index in [1.54, 1.807) is 67.5 Å². The number of Topliss-reactive ketones (excluding diaryl/α,β-unsaturated/α-hetero) is 1. The average molecular weight is 1750 g/mol. The summed E-state index contributed by atoms with van der Waals surface area (Å²) in [5, 5.41) is 26.3. The molecule has 2 aliphatic carbocycles. The van der Waals surface area contributed by atoms with Crippen LogP contribution in [0.4, 0.5) is 13.2 Å². The monoisotopic (exact) mass is 1740 g/mol. The van der Waals surface area contributed by atoms with E-state index in [1.807, 2.05) is 107 Å². The van der Waals surface area contributed by atoms with Gasteiger partial charge in [0.15, 0.2) is 17.6 Å². The van der Waals surface area contributed by atoms with Crippen molar-refractivity contribution < 1.29 is 143 Å². The number of alkyl halides is 1. The molecule has 2 aliphatic rings. The molecule has 0 saturated carbocycles. The van der Waals surface area contributed by atoms with Gasteiger partial charge in [-0.05, 0) is 152 Å². The number of halogens is 6. The van der Waals surface area contributed by atoms with E-state index in [9.17, 15) is 56.3 Å². The van der Waals surface area contributed by atoms with Gasteiger partial charge in [0.05, 0.1) is 32.8 Å². The summed E-state index contributed by atoms with van der Waals surface area (Å²) in [5.74, 6) is -8.73. The van der Waals surface area contributed by atoms with Gasteiger partial charge in [-0.1, -0.05) is 228 Å². The summed E-state index contributed by atoms with van der Waals surface area (Å²) in [4.78, 5) is 102. The van der Waals surface area contributed by atoms with Gasteiger partial charge in [-0.3, -0.25) is 33.6 Å². The molecule has 117 heavy (non-hydrogen) atoms. The number of carbonyl (C=O) groups is 9. The fourth-order valence-electron chi connectivity index (χ4n) is 12.4. The molecule has 25 heteroatoms. The van der Waals surface area contributed by atoms with Crippen molar-refractivity contribution in [1.82, 2.24) is 0 Å². The van der Waals surface area contributed by atoms with Gasteiger partial charge in [-0.15, -0.1) is 23.7 Å². The van der Waals surface area contributed by atoms with E-state index in [1.165, 1.54) is 103 Å². The maximum atomic E-state index is 13.1. The molecule has 4 N–H and O–H groups in total. The topological polar surface area (TPSA) is 281 Å². The van der Waals surface area contributed by atoms with Gasteiger partial charge in [-0.25, -0.2) is 22.8 Å². The van der Waals surface area contributed by atoms with Crippen molar-refractivity contribution in [2.45, 2.75) is 196 Å². The second kappa shape index (κ2) is 55.1. The van der Waals surface area contributed by atoms with Crippen LogP contribution in [0.2, 0.25) is 0 Å². The van der Waals surface area contributed by atoms with Crippen LogP contribution in [-0.4, -0.2) is 129 Å². The van der Waals surface area contributed by atoms with E-state index in [-0.39, 0.29) is 158 Å². The second-order valence-electron chi connectivity index (χ2n) is 30.3. The van der Waals surface area contributed by atoms with Gasteiger partial charge >= 0.3 is 94.4 Å². The quantitative estimate of drug-likeness (QED) is 0.00484. The summed E-state index contributed by atoms with van der Waals surface area (Å²) < 4.78 is 57.1. The molecule has 0 saturated heterocycles. The number of carboxylic acids is 3. The van der Waals surface area contributed by atoms with Gasteiger partial charge in [-0.2, -0.15) is 18.2 Å². The minimum atomic E-state index is -1.58. The Bertz CT molecular complexity index is 4170. The number of hydrogen-bond acceptors (Lipinski definition) is 14. The molecule has 0 heterocycles. The number of benzene rings is 7. The summed E-state index contributed by atoms with van der Waals surface area (Å²) in [6, 6.07) is 55.7. The number of carboxylic acid groups (broad SMARTS) is 3. The molecule has 0 spiro atoms. The number of hydrogen-bond donors (Lipinski definition) is 3. The molecule has 17 nitrogen and oxygen atoms in total. The molecule has 0 bridgehead atoms. The van der Waals surface area contributed by atoms with Crippen molar-refractivity contribution in [3.63, 3.8) is 0 Å². The molecule has 0 atom stereocenters. The van der Waals surface area contributed by atoms with Crippen LogP contribution >= 0.6 is 23.2 Å². The number of unbranched alkanes of at least 4 members (excludes halogenated alkanes) is 1. The van der Waals surface area contributed by atoms with E-state index < -0.39 is 70.3 Å². The number of rotatable bonds is 24. The fourth-order valence-corrected chi connectivity index (χ4v) is 12.9. The first kappa shape index (κ1) is 113. The molecule has 0 aromatic heterocycles. The van der Waals surface area contributed by atoms with Crippen molar-refractivity contribution in [1.29, 1.82) is 0 Å². The number of aliphatic carboxylic acids is 3. The van der Waals surface area contributed by atoms with E-state index in [0.717, 1.165) is 35.4 Å². The van der Waals surface area contributed by atoms with Crippen LogP contribution in [0.1, 0.15) is 212 Å². The molecular formula is C92H113BrCl2F3MgNaO17. The third-order valence-electron chi connectivity index (χ3n) is 18.5. The normalized spacial score (nSPS) is 12.1. The summed E-state index contributed by atoms with van der Waals surface area (Å²) in [5.41, 5.74) is 8.28. The third-order valence-corrected chi connectivity index (χ3v) is 18.9. The summed E-state index contributed by atoms with van der Waals surface area (Å²) in [6.07, 6.45) is 7.09. The SMILES string of the molecule is CC(C)(CC(=O)Cl)c1ccccc1.CC(C)(CC(=O)O)c1ccccc1.CC(C)(c1ccc(F)cc1)C(C(=O)O)C(=O)O.CC1(C)C=C(CCCCCl)c2ccccc21.CC1(C)CC(=O)c2ccccc21.CCOC(=O)C(C(=O)OCC)=C(C)C.CCOC(=O)C(C(=O)OCC)C(C)(C)c1ccc(F)cc1.Fc1cc[c-]cc1.[Br-].[Mg+2].[Na+].[OH-]. The van der Waals surface area contributed by atoms with Crippen molar-refractivity contribution in [2.75, 3.05) is 32.3 Å². The molecule has 628 valence electrons. The van der Waals surface area contributed by atoms with Gasteiger partial charge in [0, 0.05) is 51.8 Å². The maximum absolute atomic E-state index is 13.1. The smallest absolute Gasteiger partial charge is 1.00 e. The minimum Gasteiger partial charge on any atom is -1.00 e. The molecule has 9 rings (SSSR count). The molecule has 0 amide bonds. The van der Waals surface area contributed by atoms with Crippen molar-refractivity contribution >= 4 is 105 Å². The zero-order valence-electron chi connectivity index (χ0n) is 70.9. The first-order chi connectivity index (χ1) is 52.8. The first-order valence-electron chi connectivity index (χ1n) is 37.3. The second-order valence-corrected chi connectivity index (χ2v) is 31.1. The van der Waals surface area contributed by atoms with Gasteiger partial charge in [0.1, 0.15) is 17.2 Å². The Labute approximate surface area is 748 Å². The average Bonchev–Trinajstić information content (AvgIpc) is 1.61. The van der Waals surface area contributed by atoms with E-state index >= 15 is 0 Å². The van der Waals surface area contributed by atoms with Crippen LogP contribution in [0.3, 0.4) is 0 Å². The zero-order valence-corrected chi connectivity index (χ0v) is 77.4. The number of esters is 4. The number of carbonyl (C=O) groups excluding carboxylic acids is 6. The van der Waals surface area contributed by atoms with Crippen LogP contribution in [0.15, 0.2) is 199 Å². The fraction of sp³-hybridized carbons (Fsp3) is 0.402. The van der Waals surface area contributed by atoms with Crippen molar-refractivity contribution in [3.8, 4) is 0 Å². The predicted molar refractivity (Wildman–Crippen MR) is 446 cm³/mol. The Hall–Kier alpha value is -7.77. The van der Waals surface area contributed by atoms with Crippen LogP contribution in [0.25, 0.3) is 5.57 Å². The molecule has 0 radical (unpaired) electrons. The molecular weight excluding hydrogens is 1630 g/mol. The van der Waals surface area contributed by atoms with E-state index in [4.69, 9.17) is 57.5 Å². The van der Waals surface area contributed by atoms with Crippen molar-refractivity contribution in [2.24, 2.45) is 11.8 Å². The molecule has 0 unspecified atom stereocenters. The van der Waals surface area contributed by atoms with Crippen LogP contribution in [-0.2, 0) is 89.8 Å². The number of ether oxygens (including phenoxy) is 4. The molecule has 7 aromatic carbocycles. The Morgan fingerprint density at radius 3 is 1.22 bits per heavy atom. The summed E-state index contributed by atoms with van der Waals surface area (Å²) >= 11 is 11.1. The Morgan fingerprint density at radius 1 is 0.504 bits per heavy atom. The number of fused-ring (bicyclic) bond motifs is 2. The van der Waals surface area contributed by atoms with Crippen LogP contribution < -0.4 is 46.5 Å². The first-order valence-corrected chi connectivity index (χ1v) is 38.2. The number of ketones is 1. The zero-order chi connectivity index (χ0) is 85.7. The summed E-state index contributed by atoms with van der Waals surface area (Å²) in [6.45, 7) is 34.1. The molecule has 0 fully saturated rings. The van der Waals surface area contributed by atoms with Crippen LogP contribution in [0.5, 0.6) is 0 Å². The summed E-state index contributed by atoms with van der Waals surface area (Å²) in [7, 11) is 0. The predicted octanol–water partition coefficient (Wildman–Crippen LogP) is 14.1. The van der Waals surface area contributed by atoms with Crippen LogP contribution in [0, 0.1) is 35.4 Å². The maximum Gasteiger partial charge on any atom is 2.00 e. The van der Waals surface area contributed by atoms with Gasteiger partial charge in [0.25, 0.3) is 0 Å². The molecule has 0 aliphatic heterocycles. The Balaban J connectivity index is -0.00000128. The Morgan fingerprint density at radius 2 is 0.872 bits per heavy atom. The largest absolute Gasteiger partial charge is 2.00 e. The Kier molecular flexibility index (Phi) is 53.4. The van der Waals surface area contributed by atoms with E-state index in [2.05, 4.69) is 70.2 Å². The third kappa shape index (κ3) is 38.0. The van der Waals surface area contributed by atoms with E-state index in [0.29, 0.717) is 29.5 Å². The molecule has 7 aromatic rings. The van der Waals surface area contributed by atoms with Gasteiger partial charge < -0.3 is 56.7 Å². The minimum absolute atomic E-state index is 0. The van der Waals surface area contributed by atoms with Gasteiger partial charge in [0.2, 0.25) is 5.24 Å². The number of allylic oxidation sites excluding steroid dienone is 3. The van der Waals surface area contributed by atoms with Crippen molar-refractivity contribution in [3.05, 3.63) is 267 Å².